The summed E-state index contributed by atoms with van der Waals surface area (Å²) < 4.78 is 75.2. The number of benzene rings is 4. The fourth-order valence-electron chi connectivity index (χ4n) is 4.12. The molecule has 0 spiro atoms. The van der Waals surface area contributed by atoms with Crippen molar-refractivity contribution in [2.45, 2.75) is 32.0 Å². The lowest BCUT2D eigenvalue weighted by molar-refractivity contribution is -0.275. The van der Waals surface area contributed by atoms with Crippen molar-refractivity contribution in [3.05, 3.63) is 119 Å². The second-order valence-corrected chi connectivity index (χ2v) is 8.65. The van der Waals surface area contributed by atoms with Gasteiger partial charge in [-0.1, -0.05) is 61.2 Å². The number of hydrogen-bond donors (Lipinski definition) is 0. The summed E-state index contributed by atoms with van der Waals surface area (Å²) in [6.07, 6.45) is -1.11. The Labute approximate surface area is 212 Å². The predicted octanol–water partition coefficient (Wildman–Crippen LogP) is 8.15. The van der Waals surface area contributed by atoms with Crippen LogP contribution >= 0.6 is 0 Å². The first-order valence-electron chi connectivity index (χ1n) is 11.8. The van der Waals surface area contributed by atoms with E-state index >= 15 is 4.39 Å². The van der Waals surface area contributed by atoms with Crippen molar-refractivity contribution in [2.75, 3.05) is 6.61 Å². The van der Waals surface area contributed by atoms with Gasteiger partial charge in [0.1, 0.15) is 18.2 Å². The summed E-state index contributed by atoms with van der Waals surface area (Å²) in [6.45, 7) is 4.09. The van der Waals surface area contributed by atoms with E-state index in [0.29, 0.717) is 23.1 Å². The highest BCUT2D eigenvalue weighted by Crippen LogP contribution is 2.28. The van der Waals surface area contributed by atoms with Crippen LogP contribution in [-0.4, -0.2) is 13.0 Å². The van der Waals surface area contributed by atoms with E-state index in [1.54, 1.807) is 18.2 Å². The lowest BCUT2D eigenvalue weighted by atomic mass is 9.97. The second kappa shape index (κ2) is 11.5. The molecule has 0 unspecified atom stereocenters. The average molecular weight is 513 g/mol. The van der Waals surface area contributed by atoms with Gasteiger partial charge in [-0.25, -0.2) is 8.78 Å². The van der Waals surface area contributed by atoms with Crippen LogP contribution in [0.3, 0.4) is 0 Å². The summed E-state index contributed by atoms with van der Waals surface area (Å²) in [6, 6.07) is 20.3. The lowest BCUT2D eigenvalue weighted by Gasteiger charge is -2.11. The minimum Gasteiger partial charge on any atom is -0.490 e. The van der Waals surface area contributed by atoms with Crippen LogP contribution < -0.4 is 9.47 Å². The summed E-state index contributed by atoms with van der Waals surface area (Å²) in [5, 5.41) is 1.27. The van der Waals surface area contributed by atoms with Gasteiger partial charge in [-0.15, -0.1) is 13.2 Å². The van der Waals surface area contributed by atoms with Crippen LogP contribution in [0, 0.1) is 11.6 Å². The van der Waals surface area contributed by atoms with Crippen LogP contribution in [0.4, 0.5) is 22.0 Å². The first kappa shape index (κ1) is 26.2. The first-order valence-corrected chi connectivity index (χ1v) is 11.8. The van der Waals surface area contributed by atoms with E-state index in [0.717, 1.165) is 41.7 Å². The molecule has 192 valence electrons. The molecule has 0 radical (unpaired) electrons. The molecule has 7 heteroatoms. The molecule has 0 bridgehead atoms. The average Bonchev–Trinajstić information content (AvgIpc) is 2.87. The molecule has 0 aromatic heterocycles. The Morgan fingerprint density at radius 1 is 0.730 bits per heavy atom. The third-order valence-electron chi connectivity index (χ3n) is 6.00. The molecule has 2 nitrogen and oxygen atoms in total. The van der Waals surface area contributed by atoms with Gasteiger partial charge < -0.3 is 9.47 Å². The van der Waals surface area contributed by atoms with Gasteiger partial charge in [0.15, 0.2) is 11.6 Å². The second-order valence-electron chi connectivity index (χ2n) is 8.65. The van der Waals surface area contributed by atoms with Gasteiger partial charge in [0.05, 0.1) is 0 Å². The first-order chi connectivity index (χ1) is 17.7. The van der Waals surface area contributed by atoms with E-state index in [1.165, 1.54) is 11.6 Å². The van der Waals surface area contributed by atoms with Crippen molar-refractivity contribution >= 4 is 10.8 Å². The predicted molar refractivity (Wildman–Crippen MR) is 134 cm³/mol. The standard InChI is InChI=1S/C30H25F5O2/c1-2-17-36-25-13-6-20(7-14-25)3-4-21-8-15-26-24(18-21)12-11-23(29(26)32)10-5-22-9-16-28(27(31)19-22)37-30(33,34)35/h2,6-9,11-16,18-19H,1,3-5,10,17H2. The Kier molecular flexibility index (Phi) is 8.11. The summed E-state index contributed by atoms with van der Waals surface area (Å²) in [4.78, 5) is 0. The Morgan fingerprint density at radius 3 is 2.08 bits per heavy atom. The quantitative estimate of drug-likeness (QED) is 0.158. The number of alkyl halides is 3. The smallest absolute Gasteiger partial charge is 0.490 e. The molecule has 0 heterocycles. The lowest BCUT2D eigenvalue weighted by Crippen LogP contribution is -2.18. The highest BCUT2D eigenvalue weighted by atomic mass is 19.4. The largest absolute Gasteiger partial charge is 0.573 e. The molecule has 0 aliphatic carbocycles. The molecule has 37 heavy (non-hydrogen) atoms. The summed E-state index contributed by atoms with van der Waals surface area (Å²) >= 11 is 0. The SMILES string of the molecule is C=CCOc1ccc(CCc2ccc3c(F)c(CCc4ccc(OC(F)(F)F)c(F)c4)ccc3c2)cc1. The van der Waals surface area contributed by atoms with Crippen molar-refractivity contribution in [1.29, 1.82) is 0 Å². The van der Waals surface area contributed by atoms with Gasteiger partial charge in [-0.05, 0) is 77.6 Å². The van der Waals surface area contributed by atoms with Crippen LogP contribution in [0.5, 0.6) is 11.5 Å². The molecule has 0 N–H and O–H groups in total. The zero-order chi connectivity index (χ0) is 26.4. The van der Waals surface area contributed by atoms with E-state index in [-0.39, 0.29) is 18.7 Å². The van der Waals surface area contributed by atoms with E-state index in [2.05, 4.69) is 11.3 Å². The fraction of sp³-hybridized carbons (Fsp3) is 0.200. The fourth-order valence-corrected chi connectivity index (χ4v) is 4.12. The van der Waals surface area contributed by atoms with Gasteiger partial charge in [-0.2, -0.15) is 0 Å². The van der Waals surface area contributed by atoms with Crippen LogP contribution in [0.25, 0.3) is 10.8 Å². The van der Waals surface area contributed by atoms with Crippen molar-refractivity contribution in [3.8, 4) is 11.5 Å². The molecule has 0 amide bonds. The van der Waals surface area contributed by atoms with Crippen molar-refractivity contribution < 1.29 is 31.4 Å². The highest BCUT2D eigenvalue weighted by molar-refractivity contribution is 5.84. The third-order valence-corrected chi connectivity index (χ3v) is 6.00. The molecule has 0 aliphatic rings. The molecule has 0 fully saturated rings. The minimum atomic E-state index is -4.97. The number of ether oxygens (including phenoxy) is 2. The zero-order valence-electron chi connectivity index (χ0n) is 20.0. The van der Waals surface area contributed by atoms with Crippen molar-refractivity contribution in [1.82, 2.24) is 0 Å². The Hall–Kier alpha value is -3.87. The maximum absolute atomic E-state index is 15.2. The van der Waals surface area contributed by atoms with Gasteiger partial charge in [-0.3, -0.25) is 0 Å². The molecular formula is C30H25F5O2. The number of halogens is 5. The van der Waals surface area contributed by atoms with E-state index < -0.39 is 17.9 Å². The molecular weight excluding hydrogens is 487 g/mol. The number of rotatable bonds is 10. The molecule has 0 saturated carbocycles. The van der Waals surface area contributed by atoms with Crippen LogP contribution in [0.2, 0.25) is 0 Å². The van der Waals surface area contributed by atoms with Gasteiger partial charge in [0, 0.05) is 5.39 Å². The van der Waals surface area contributed by atoms with E-state index in [9.17, 15) is 17.6 Å². The number of aryl methyl sites for hydroxylation is 4. The molecule has 4 aromatic rings. The molecule has 4 aromatic carbocycles. The number of fused-ring (bicyclic) bond motifs is 1. The van der Waals surface area contributed by atoms with Crippen LogP contribution in [0.1, 0.15) is 22.3 Å². The van der Waals surface area contributed by atoms with Crippen LogP contribution in [-0.2, 0) is 25.7 Å². The Morgan fingerprint density at radius 2 is 1.38 bits per heavy atom. The van der Waals surface area contributed by atoms with E-state index in [1.807, 2.05) is 42.5 Å². The normalized spacial score (nSPS) is 11.5. The van der Waals surface area contributed by atoms with Crippen molar-refractivity contribution in [3.63, 3.8) is 0 Å². The van der Waals surface area contributed by atoms with Gasteiger partial charge in [0.25, 0.3) is 0 Å². The topological polar surface area (TPSA) is 18.5 Å². The van der Waals surface area contributed by atoms with Gasteiger partial charge >= 0.3 is 6.36 Å². The minimum absolute atomic E-state index is 0.265. The summed E-state index contributed by atoms with van der Waals surface area (Å²) in [5.41, 5.74) is 3.16. The maximum Gasteiger partial charge on any atom is 0.573 e. The van der Waals surface area contributed by atoms with Gasteiger partial charge in [0.2, 0.25) is 0 Å². The third kappa shape index (κ3) is 7.09. The highest BCUT2D eigenvalue weighted by Gasteiger charge is 2.32. The molecule has 0 saturated heterocycles. The van der Waals surface area contributed by atoms with Crippen LogP contribution in [0.15, 0.2) is 85.5 Å². The molecule has 4 rings (SSSR count). The Bertz CT molecular complexity index is 1380. The number of hydrogen-bond acceptors (Lipinski definition) is 2. The van der Waals surface area contributed by atoms with Crippen molar-refractivity contribution in [2.24, 2.45) is 0 Å². The summed E-state index contributed by atoms with van der Waals surface area (Å²) in [7, 11) is 0. The molecule has 0 atom stereocenters. The zero-order valence-corrected chi connectivity index (χ0v) is 20.0. The Balaban J connectivity index is 1.39. The monoisotopic (exact) mass is 512 g/mol. The maximum atomic E-state index is 15.2. The molecule has 0 aliphatic heterocycles. The summed E-state index contributed by atoms with van der Waals surface area (Å²) in [5.74, 6) is -1.56. The van der Waals surface area contributed by atoms with E-state index in [4.69, 9.17) is 4.74 Å².